The van der Waals surface area contributed by atoms with Gasteiger partial charge in [0.2, 0.25) is 0 Å². The minimum absolute atomic E-state index is 0.144. The van der Waals surface area contributed by atoms with Gasteiger partial charge in [-0.2, -0.15) is 0 Å². The van der Waals surface area contributed by atoms with Gasteiger partial charge in [-0.15, -0.1) is 0 Å². The molecule has 2 fully saturated rings. The van der Waals surface area contributed by atoms with Gasteiger partial charge in [-0.1, -0.05) is 36.8 Å². The Kier molecular flexibility index (Phi) is 3.00. The molecule has 1 heterocycles. The zero-order chi connectivity index (χ0) is 13.5. The van der Waals surface area contributed by atoms with Crippen LogP contribution in [0.5, 0.6) is 0 Å². The van der Waals surface area contributed by atoms with Gasteiger partial charge in [0, 0.05) is 13.0 Å². The molecule has 1 saturated carbocycles. The van der Waals surface area contributed by atoms with E-state index in [1.165, 1.54) is 12.0 Å². The van der Waals surface area contributed by atoms with Gasteiger partial charge < -0.3 is 9.64 Å². The molecule has 102 valence electrons. The summed E-state index contributed by atoms with van der Waals surface area (Å²) in [7, 11) is 1.85. The van der Waals surface area contributed by atoms with Crippen LogP contribution in [0.1, 0.15) is 44.1 Å². The van der Waals surface area contributed by atoms with Gasteiger partial charge in [0.05, 0.1) is 6.04 Å². The van der Waals surface area contributed by atoms with Crippen molar-refractivity contribution in [2.75, 3.05) is 7.05 Å². The Morgan fingerprint density at radius 3 is 2.63 bits per heavy atom. The summed E-state index contributed by atoms with van der Waals surface area (Å²) in [6, 6.07) is 10.7. The second-order valence-electron chi connectivity index (χ2n) is 5.82. The van der Waals surface area contributed by atoms with E-state index < -0.39 is 0 Å². The predicted octanol–water partition coefficient (Wildman–Crippen LogP) is 3.55. The van der Waals surface area contributed by atoms with Gasteiger partial charge in [-0.3, -0.25) is 0 Å². The maximum Gasteiger partial charge on any atom is 0.410 e. The first-order valence-corrected chi connectivity index (χ1v) is 7.16. The first kappa shape index (κ1) is 12.5. The Hall–Kier alpha value is -1.51. The maximum atomic E-state index is 11.9. The van der Waals surface area contributed by atoms with Gasteiger partial charge in [0.1, 0.15) is 5.60 Å². The van der Waals surface area contributed by atoms with Crippen LogP contribution in [0.4, 0.5) is 4.79 Å². The number of rotatable bonds is 1. The van der Waals surface area contributed by atoms with E-state index in [0.717, 1.165) is 19.3 Å². The van der Waals surface area contributed by atoms with Crippen molar-refractivity contribution >= 4 is 6.09 Å². The van der Waals surface area contributed by atoms with Gasteiger partial charge in [-0.25, -0.2) is 4.79 Å². The van der Waals surface area contributed by atoms with E-state index >= 15 is 0 Å². The molecule has 1 aromatic rings. The molecular formula is C16H21NO2. The number of benzene rings is 1. The largest absolute Gasteiger partial charge is 0.440 e. The van der Waals surface area contributed by atoms with Gasteiger partial charge in [0.25, 0.3) is 0 Å². The Balaban J connectivity index is 2.00. The van der Waals surface area contributed by atoms with Gasteiger partial charge >= 0.3 is 6.09 Å². The number of nitrogens with zero attached hydrogens (tertiary/aromatic N) is 1. The molecule has 1 spiro atoms. The molecule has 0 aromatic heterocycles. The third-order valence-corrected chi connectivity index (χ3v) is 4.96. The van der Waals surface area contributed by atoms with Crippen LogP contribution in [0.25, 0.3) is 0 Å². The molecule has 1 aromatic carbocycles. The average molecular weight is 259 g/mol. The lowest BCUT2D eigenvalue weighted by Crippen LogP contribution is -2.48. The van der Waals surface area contributed by atoms with Crippen molar-refractivity contribution in [3.63, 3.8) is 0 Å². The van der Waals surface area contributed by atoms with Crippen LogP contribution in [0.15, 0.2) is 30.3 Å². The molecule has 0 radical (unpaired) electrons. The molecule has 1 aliphatic carbocycles. The molecule has 2 aliphatic rings. The van der Waals surface area contributed by atoms with Crippen molar-refractivity contribution in [2.45, 2.75) is 50.2 Å². The summed E-state index contributed by atoms with van der Waals surface area (Å²) in [5, 5.41) is 0. The number of hydrogen-bond acceptors (Lipinski definition) is 2. The second-order valence-corrected chi connectivity index (χ2v) is 5.82. The zero-order valence-electron chi connectivity index (χ0n) is 11.6. The molecule has 1 aliphatic heterocycles. The third kappa shape index (κ3) is 1.83. The van der Waals surface area contributed by atoms with E-state index in [1.54, 1.807) is 4.90 Å². The van der Waals surface area contributed by atoms with Crippen molar-refractivity contribution in [1.29, 1.82) is 0 Å². The Bertz CT molecular complexity index is 473. The summed E-state index contributed by atoms with van der Waals surface area (Å²) in [6.45, 7) is 2.12. The molecule has 3 nitrogen and oxygen atoms in total. The van der Waals surface area contributed by atoms with E-state index in [2.05, 4.69) is 31.2 Å². The molecule has 0 bridgehead atoms. The lowest BCUT2D eigenvalue weighted by atomic mass is 9.69. The summed E-state index contributed by atoms with van der Waals surface area (Å²) in [6.07, 6.45) is 4.28. The molecule has 1 saturated heterocycles. The SMILES string of the molecule is CC1N(C)C(=O)OC12CCCCC2c1ccccc1. The lowest BCUT2D eigenvalue weighted by molar-refractivity contribution is -0.0133. The fraction of sp³-hybridized carbons (Fsp3) is 0.562. The monoisotopic (exact) mass is 259 g/mol. The van der Waals surface area contributed by atoms with Crippen LogP contribution in [0, 0.1) is 0 Å². The van der Waals surface area contributed by atoms with Gasteiger partial charge in [-0.05, 0) is 31.7 Å². The predicted molar refractivity (Wildman–Crippen MR) is 74.1 cm³/mol. The van der Waals surface area contributed by atoms with E-state index in [-0.39, 0.29) is 17.7 Å². The van der Waals surface area contributed by atoms with Crippen molar-refractivity contribution in [3.8, 4) is 0 Å². The van der Waals surface area contributed by atoms with Gasteiger partial charge in [0.15, 0.2) is 0 Å². The Labute approximate surface area is 114 Å². The maximum absolute atomic E-state index is 11.9. The summed E-state index contributed by atoms with van der Waals surface area (Å²) in [5.74, 6) is 0.325. The smallest absolute Gasteiger partial charge is 0.410 e. The van der Waals surface area contributed by atoms with Crippen LogP contribution >= 0.6 is 0 Å². The van der Waals surface area contributed by atoms with Crippen LogP contribution in [-0.4, -0.2) is 29.7 Å². The number of hydrogen-bond donors (Lipinski definition) is 0. The first-order chi connectivity index (χ1) is 9.15. The first-order valence-electron chi connectivity index (χ1n) is 7.16. The van der Waals surface area contributed by atoms with Crippen LogP contribution in [-0.2, 0) is 4.74 Å². The fourth-order valence-corrected chi connectivity index (χ4v) is 3.73. The summed E-state index contributed by atoms with van der Waals surface area (Å²) in [4.78, 5) is 13.7. The molecular weight excluding hydrogens is 238 g/mol. The van der Waals surface area contributed by atoms with E-state index in [4.69, 9.17) is 4.74 Å². The fourth-order valence-electron chi connectivity index (χ4n) is 3.73. The average Bonchev–Trinajstić information content (AvgIpc) is 2.65. The van der Waals surface area contributed by atoms with E-state index in [0.29, 0.717) is 5.92 Å². The van der Waals surface area contributed by atoms with Crippen molar-refractivity contribution in [3.05, 3.63) is 35.9 Å². The van der Waals surface area contributed by atoms with E-state index in [1.807, 2.05) is 13.1 Å². The summed E-state index contributed by atoms with van der Waals surface area (Å²) in [5.41, 5.74) is 0.975. The highest BCUT2D eigenvalue weighted by molar-refractivity contribution is 5.71. The third-order valence-electron chi connectivity index (χ3n) is 4.96. The molecule has 3 heteroatoms. The molecule has 19 heavy (non-hydrogen) atoms. The zero-order valence-corrected chi connectivity index (χ0v) is 11.6. The lowest BCUT2D eigenvalue weighted by Gasteiger charge is -2.42. The van der Waals surface area contributed by atoms with Crippen molar-refractivity contribution in [2.24, 2.45) is 0 Å². The molecule has 3 atom stereocenters. The molecule has 0 N–H and O–H groups in total. The number of carbonyl (C=O) groups excluding carboxylic acids is 1. The minimum atomic E-state index is -0.328. The summed E-state index contributed by atoms with van der Waals surface area (Å²) < 4.78 is 5.87. The van der Waals surface area contributed by atoms with Crippen molar-refractivity contribution in [1.82, 2.24) is 4.90 Å². The Morgan fingerprint density at radius 1 is 1.26 bits per heavy atom. The quantitative estimate of drug-likeness (QED) is 0.772. The molecule has 3 rings (SSSR count). The highest BCUT2D eigenvalue weighted by Gasteiger charge is 2.55. The highest BCUT2D eigenvalue weighted by Crippen LogP contribution is 2.49. The number of carbonyl (C=O) groups is 1. The van der Waals surface area contributed by atoms with Crippen LogP contribution in [0.3, 0.4) is 0 Å². The van der Waals surface area contributed by atoms with Crippen LogP contribution < -0.4 is 0 Å². The molecule has 3 unspecified atom stereocenters. The van der Waals surface area contributed by atoms with Crippen LogP contribution in [0.2, 0.25) is 0 Å². The minimum Gasteiger partial charge on any atom is -0.440 e. The topological polar surface area (TPSA) is 29.5 Å². The summed E-state index contributed by atoms with van der Waals surface area (Å²) >= 11 is 0. The number of likely N-dealkylation sites (N-methyl/N-ethyl adjacent to an activating group) is 1. The standard InChI is InChI=1S/C16H21NO2/c1-12-16(19-15(18)17(12)2)11-7-6-10-14(16)13-8-4-3-5-9-13/h3-5,8-9,12,14H,6-7,10-11H2,1-2H3. The van der Waals surface area contributed by atoms with Crippen molar-refractivity contribution < 1.29 is 9.53 Å². The molecule has 1 amide bonds. The number of amides is 1. The van der Waals surface area contributed by atoms with E-state index in [9.17, 15) is 4.79 Å². The normalized spacial score (nSPS) is 34.6. The Morgan fingerprint density at radius 2 is 2.00 bits per heavy atom. The highest BCUT2D eigenvalue weighted by atomic mass is 16.6. The number of ether oxygens (including phenoxy) is 1. The second kappa shape index (κ2) is 4.55.